The zero-order valence-electron chi connectivity index (χ0n) is 11.1. The third-order valence-corrected chi connectivity index (χ3v) is 3.53. The Morgan fingerprint density at radius 2 is 1.73 bits per heavy atom. The van der Waals surface area contributed by atoms with Crippen LogP contribution in [0.15, 0.2) is 46.4 Å². The fourth-order valence-corrected chi connectivity index (χ4v) is 2.40. The van der Waals surface area contributed by atoms with Crippen molar-refractivity contribution in [1.29, 1.82) is 0 Å². The lowest BCUT2D eigenvalue weighted by Gasteiger charge is -2.15. The molecule has 2 N–H and O–H groups in total. The van der Waals surface area contributed by atoms with Gasteiger partial charge in [0.05, 0.1) is 5.02 Å². The number of hydrogen-bond acceptors (Lipinski definition) is 4. The van der Waals surface area contributed by atoms with Crippen LogP contribution in [0.2, 0.25) is 5.02 Å². The van der Waals surface area contributed by atoms with Crippen LogP contribution in [0.1, 0.15) is 5.76 Å². The molecule has 1 aliphatic heterocycles. The lowest BCUT2D eigenvalue weighted by Crippen LogP contribution is -2.51. The van der Waals surface area contributed by atoms with Crippen LogP contribution in [-0.4, -0.2) is 16.9 Å². The predicted octanol–water partition coefficient (Wildman–Crippen LogP) is 2.51. The van der Waals surface area contributed by atoms with Crippen molar-refractivity contribution in [2.24, 2.45) is 0 Å². The van der Waals surface area contributed by atoms with Gasteiger partial charge in [0.15, 0.2) is 5.11 Å². The molecule has 2 aromatic rings. The predicted molar refractivity (Wildman–Crippen MR) is 86.0 cm³/mol. The van der Waals surface area contributed by atoms with Gasteiger partial charge in [-0.3, -0.25) is 20.2 Å². The molecule has 1 saturated heterocycles. The summed E-state index contributed by atoms with van der Waals surface area (Å²) in [7, 11) is 0. The second kappa shape index (κ2) is 5.75. The highest BCUT2D eigenvalue weighted by Gasteiger charge is 2.26. The Balaban J connectivity index is 1.93. The van der Waals surface area contributed by atoms with E-state index in [9.17, 15) is 9.59 Å². The van der Waals surface area contributed by atoms with Crippen molar-refractivity contribution in [3.05, 3.63) is 52.8 Å². The summed E-state index contributed by atoms with van der Waals surface area (Å²) in [5.74, 6) is -0.221. The molecule has 0 unspecified atom stereocenters. The van der Waals surface area contributed by atoms with E-state index in [-0.39, 0.29) is 10.7 Å². The molecule has 7 heteroatoms. The van der Waals surface area contributed by atoms with E-state index in [2.05, 4.69) is 10.6 Å². The van der Waals surface area contributed by atoms with Crippen LogP contribution < -0.4 is 10.6 Å². The maximum atomic E-state index is 11.8. The van der Waals surface area contributed by atoms with Gasteiger partial charge in [-0.25, -0.2) is 0 Å². The minimum Gasteiger partial charge on any atom is -0.457 e. The van der Waals surface area contributed by atoms with Crippen LogP contribution in [0.3, 0.4) is 0 Å². The van der Waals surface area contributed by atoms with Crippen molar-refractivity contribution in [1.82, 2.24) is 10.6 Å². The SMILES string of the molecule is O=C1NC(=S)NC(=O)C1=Cc1ccc(-c2ccccc2Cl)o1. The largest absolute Gasteiger partial charge is 0.457 e. The highest BCUT2D eigenvalue weighted by atomic mass is 35.5. The van der Waals surface area contributed by atoms with Gasteiger partial charge in [0.2, 0.25) is 0 Å². The fourth-order valence-electron chi connectivity index (χ4n) is 1.98. The molecule has 0 saturated carbocycles. The van der Waals surface area contributed by atoms with E-state index >= 15 is 0 Å². The second-order valence-corrected chi connectivity index (χ2v) is 5.29. The third-order valence-electron chi connectivity index (χ3n) is 3.00. The van der Waals surface area contributed by atoms with Crippen molar-refractivity contribution in [3.63, 3.8) is 0 Å². The number of amides is 2. The van der Waals surface area contributed by atoms with Gasteiger partial charge in [-0.1, -0.05) is 23.7 Å². The summed E-state index contributed by atoms with van der Waals surface area (Å²) in [5.41, 5.74) is 0.654. The van der Waals surface area contributed by atoms with E-state index in [1.165, 1.54) is 6.08 Å². The van der Waals surface area contributed by atoms with Crippen molar-refractivity contribution < 1.29 is 14.0 Å². The zero-order chi connectivity index (χ0) is 15.7. The smallest absolute Gasteiger partial charge is 0.263 e. The lowest BCUT2D eigenvalue weighted by molar-refractivity contribution is -0.123. The van der Waals surface area contributed by atoms with Gasteiger partial charge in [-0.15, -0.1) is 0 Å². The first-order chi connectivity index (χ1) is 10.5. The fraction of sp³-hybridized carbons (Fsp3) is 0. The summed E-state index contributed by atoms with van der Waals surface area (Å²) in [5, 5.41) is 5.25. The molecule has 0 atom stereocenters. The number of benzene rings is 1. The Morgan fingerprint density at radius 1 is 1.05 bits per heavy atom. The van der Waals surface area contributed by atoms with Gasteiger partial charge in [0.1, 0.15) is 17.1 Å². The maximum Gasteiger partial charge on any atom is 0.263 e. The molecular weight excluding hydrogens is 324 g/mol. The van der Waals surface area contributed by atoms with Gasteiger partial charge >= 0.3 is 0 Å². The third kappa shape index (κ3) is 2.79. The number of furan rings is 1. The van der Waals surface area contributed by atoms with Crippen molar-refractivity contribution in [2.45, 2.75) is 0 Å². The number of carbonyl (C=O) groups excluding carboxylic acids is 2. The molecule has 2 heterocycles. The number of halogens is 1. The van der Waals surface area contributed by atoms with E-state index in [1.54, 1.807) is 18.2 Å². The first kappa shape index (κ1) is 14.5. The average molecular weight is 333 g/mol. The van der Waals surface area contributed by atoms with Crippen molar-refractivity contribution >= 4 is 46.8 Å². The first-order valence-corrected chi connectivity index (χ1v) is 7.06. The molecule has 1 aromatic carbocycles. The summed E-state index contributed by atoms with van der Waals surface area (Å²) in [6, 6.07) is 10.6. The minimum atomic E-state index is -0.565. The molecule has 1 aliphatic rings. The van der Waals surface area contributed by atoms with Gasteiger partial charge < -0.3 is 4.42 Å². The van der Waals surface area contributed by atoms with E-state index in [0.717, 1.165) is 5.56 Å². The van der Waals surface area contributed by atoms with E-state index in [0.29, 0.717) is 16.5 Å². The summed E-state index contributed by atoms with van der Waals surface area (Å²) >= 11 is 10.8. The zero-order valence-corrected chi connectivity index (χ0v) is 12.6. The highest BCUT2D eigenvalue weighted by Crippen LogP contribution is 2.29. The second-order valence-electron chi connectivity index (χ2n) is 4.48. The van der Waals surface area contributed by atoms with E-state index in [1.807, 2.05) is 18.2 Å². The maximum absolute atomic E-state index is 11.8. The molecule has 1 fully saturated rings. The van der Waals surface area contributed by atoms with E-state index in [4.69, 9.17) is 28.2 Å². The monoisotopic (exact) mass is 332 g/mol. The Bertz CT molecular complexity index is 804. The summed E-state index contributed by atoms with van der Waals surface area (Å²) < 4.78 is 5.62. The van der Waals surface area contributed by atoms with Crippen molar-refractivity contribution in [2.75, 3.05) is 0 Å². The molecule has 0 radical (unpaired) electrons. The van der Waals surface area contributed by atoms with Crippen LogP contribution in [0.4, 0.5) is 0 Å². The summed E-state index contributed by atoms with van der Waals surface area (Å²) in [6.07, 6.45) is 1.35. The number of hydrogen-bond donors (Lipinski definition) is 2. The quantitative estimate of drug-likeness (QED) is 0.503. The Morgan fingerprint density at radius 3 is 2.41 bits per heavy atom. The van der Waals surface area contributed by atoms with Crippen LogP contribution in [-0.2, 0) is 9.59 Å². The molecule has 22 heavy (non-hydrogen) atoms. The van der Waals surface area contributed by atoms with Gasteiger partial charge in [-0.05, 0) is 42.6 Å². The van der Waals surface area contributed by atoms with Gasteiger partial charge in [-0.2, -0.15) is 0 Å². The summed E-state index contributed by atoms with van der Waals surface area (Å²) in [6.45, 7) is 0. The Kier molecular flexibility index (Phi) is 3.79. The van der Waals surface area contributed by atoms with Crippen LogP contribution in [0.5, 0.6) is 0 Å². The molecule has 2 amide bonds. The normalized spacial score (nSPS) is 14.6. The van der Waals surface area contributed by atoms with Crippen LogP contribution in [0, 0.1) is 0 Å². The van der Waals surface area contributed by atoms with E-state index < -0.39 is 11.8 Å². The summed E-state index contributed by atoms with van der Waals surface area (Å²) in [4.78, 5) is 23.5. The molecule has 1 aromatic heterocycles. The number of rotatable bonds is 2. The molecule has 110 valence electrons. The van der Waals surface area contributed by atoms with Crippen LogP contribution in [0.25, 0.3) is 17.4 Å². The molecule has 3 rings (SSSR count). The highest BCUT2D eigenvalue weighted by molar-refractivity contribution is 7.80. The number of thiocarbonyl (C=S) groups is 1. The number of nitrogens with one attached hydrogen (secondary N) is 2. The average Bonchev–Trinajstić information content (AvgIpc) is 2.92. The van der Waals surface area contributed by atoms with Crippen molar-refractivity contribution in [3.8, 4) is 11.3 Å². The van der Waals surface area contributed by atoms with Crippen LogP contribution >= 0.6 is 23.8 Å². The topological polar surface area (TPSA) is 71.3 Å². The molecular formula is C15H9ClN2O3S. The van der Waals surface area contributed by atoms with Gasteiger partial charge in [0.25, 0.3) is 11.8 Å². The Labute approximate surface area is 135 Å². The standard InChI is InChI=1S/C15H9ClN2O3S/c16-11-4-2-1-3-9(11)12-6-5-8(21-12)7-10-13(19)17-15(22)18-14(10)20/h1-7H,(H2,17,18,19,20,22). The lowest BCUT2D eigenvalue weighted by atomic mass is 10.1. The van der Waals surface area contributed by atoms with Gasteiger partial charge in [0, 0.05) is 5.56 Å². The molecule has 0 aliphatic carbocycles. The number of carbonyl (C=O) groups is 2. The minimum absolute atomic E-state index is 0.0108. The first-order valence-electron chi connectivity index (χ1n) is 6.27. The molecule has 5 nitrogen and oxygen atoms in total. The molecule has 0 spiro atoms. The Hall–Kier alpha value is -2.44. The molecule has 0 bridgehead atoms.